The van der Waals surface area contributed by atoms with Crippen molar-refractivity contribution in [3.63, 3.8) is 0 Å². The quantitative estimate of drug-likeness (QED) is 0.216. The van der Waals surface area contributed by atoms with E-state index in [1.165, 1.54) is 0 Å². The van der Waals surface area contributed by atoms with Gasteiger partial charge in [-0.05, 0) is 35.7 Å². The van der Waals surface area contributed by atoms with E-state index in [1.807, 2.05) is 54.6 Å². The van der Waals surface area contributed by atoms with Gasteiger partial charge >= 0.3 is 0 Å². The van der Waals surface area contributed by atoms with Crippen LogP contribution >= 0.6 is 0 Å². The highest BCUT2D eigenvalue weighted by Crippen LogP contribution is 2.29. The average Bonchev–Trinajstić information content (AvgIpc) is 2.87. The number of azide groups is 1. The van der Waals surface area contributed by atoms with Crippen LogP contribution < -0.4 is 4.74 Å². The normalized spacial score (nSPS) is 25.2. The number of methoxy groups -OCH3 is 1. The maximum Gasteiger partial charge on any atom is 0.170 e. The van der Waals surface area contributed by atoms with Crippen molar-refractivity contribution >= 4 is 0 Å². The van der Waals surface area contributed by atoms with Gasteiger partial charge in [-0.15, -0.1) is 6.58 Å². The minimum Gasteiger partial charge on any atom is -0.497 e. The van der Waals surface area contributed by atoms with Crippen LogP contribution in [0.4, 0.5) is 0 Å². The summed E-state index contributed by atoms with van der Waals surface area (Å²) in [4.78, 5) is 2.93. The molecule has 1 aliphatic rings. The zero-order chi connectivity index (χ0) is 24.3. The molecule has 3 rings (SSSR count). The number of nitrogens with zero attached hydrogens (tertiary/aromatic N) is 3. The van der Waals surface area contributed by atoms with E-state index >= 15 is 0 Å². The van der Waals surface area contributed by atoms with Gasteiger partial charge < -0.3 is 28.8 Å². The van der Waals surface area contributed by atoms with E-state index in [0.29, 0.717) is 6.61 Å². The van der Waals surface area contributed by atoms with Crippen LogP contribution in [-0.2, 0) is 32.2 Å². The molecule has 6 atom stereocenters. The van der Waals surface area contributed by atoms with E-state index in [-0.39, 0.29) is 19.3 Å². The summed E-state index contributed by atoms with van der Waals surface area (Å²) in [7, 11) is 1.60. The molecule has 0 saturated carbocycles. The lowest BCUT2D eigenvalue weighted by atomic mass is 9.97. The number of ether oxygens (including phenoxy) is 5. The maximum absolute atomic E-state index is 11.1. The van der Waals surface area contributed by atoms with Gasteiger partial charge in [0.15, 0.2) is 6.29 Å². The molecule has 2 aromatic carbocycles. The van der Waals surface area contributed by atoms with E-state index < -0.39 is 30.6 Å². The first kappa shape index (κ1) is 25.7. The minimum atomic E-state index is -1.11. The number of hydrogen-bond donors (Lipinski definition) is 1. The molecule has 0 bridgehead atoms. The van der Waals surface area contributed by atoms with Crippen molar-refractivity contribution in [2.45, 2.75) is 56.9 Å². The Morgan fingerprint density at radius 3 is 2.50 bits per heavy atom. The maximum atomic E-state index is 11.1. The molecule has 182 valence electrons. The Labute approximate surface area is 199 Å². The third-order valence-corrected chi connectivity index (χ3v) is 5.50. The first-order chi connectivity index (χ1) is 16.5. The van der Waals surface area contributed by atoms with Gasteiger partial charge in [-0.25, -0.2) is 0 Å². The Hall–Kier alpha value is -2.91. The number of aliphatic hydroxyl groups is 1. The third kappa shape index (κ3) is 7.04. The van der Waals surface area contributed by atoms with Gasteiger partial charge in [0.05, 0.1) is 39.1 Å². The lowest BCUT2D eigenvalue weighted by Gasteiger charge is -2.43. The number of benzene rings is 2. The smallest absolute Gasteiger partial charge is 0.170 e. The molecule has 34 heavy (non-hydrogen) atoms. The summed E-state index contributed by atoms with van der Waals surface area (Å²) in [6.45, 7) is 6.16. The van der Waals surface area contributed by atoms with Crippen LogP contribution in [0.25, 0.3) is 10.4 Å². The van der Waals surface area contributed by atoms with E-state index in [4.69, 9.17) is 29.2 Å². The molecule has 1 saturated heterocycles. The molecule has 1 heterocycles. The first-order valence-corrected chi connectivity index (χ1v) is 11.1. The fraction of sp³-hybridized carbons (Fsp3) is 0.440. The van der Waals surface area contributed by atoms with Crippen LogP contribution in [0.15, 0.2) is 72.4 Å². The Bertz CT molecular complexity index is 935. The van der Waals surface area contributed by atoms with E-state index in [1.54, 1.807) is 20.1 Å². The van der Waals surface area contributed by atoms with Crippen LogP contribution in [0.3, 0.4) is 0 Å². The molecule has 0 spiro atoms. The molecule has 1 N–H and O–H groups in total. The van der Waals surface area contributed by atoms with Crippen molar-refractivity contribution in [2.24, 2.45) is 5.11 Å². The molecule has 1 unspecified atom stereocenters. The van der Waals surface area contributed by atoms with Crippen LogP contribution in [0.1, 0.15) is 18.1 Å². The molecule has 1 aliphatic heterocycles. The molecule has 1 fully saturated rings. The van der Waals surface area contributed by atoms with Gasteiger partial charge in [-0.1, -0.05) is 53.7 Å². The SMILES string of the molecule is C=CC(C)O[C@@H]1O[C@H](COCc2ccccc2)[C@@H](O)[C@H](OCc2ccc(OC)cc2)[C@H]1N=[N+]=[N-]. The lowest BCUT2D eigenvalue weighted by molar-refractivity contribution is -0.282. The van der Waals surface area contributed by atoms with Crippen LogP contribution in [-0.4, -0.2) is 55.6 Å². The van der Waals surface area contributed by atoms with Crippen molar-refractivity contribution in [3.8, 4) is 5.75 Å². The Balaban J connectivity index is 1.74. The van der Waals surface area contributed by atoms with Gasteiger partial charge in [-0.3, -0.25) is 0 Å². The topological polar surface area (TPSA) is 115 Å². The monoisotopic (exact) mass is 469 g/mol. The first-order valence-electron chi connectivity index (χ1n) is 11.1. The average molecular weight is 470 g/mol. The summed E-state index contributed by atoms with van der Waals surface area (Å²) in [6, 6.07) is 16.2. The lowest BCUT2D eigenvalue weighted by Crippen LogP contribution is -2.59. The van der Waals surface area contributed by atoms with Gasteiger partial charge in [0, 0.05) is 4.91 Å². The zero-order valence-corrected chi connectivity index (χ0v) is 19.4. The summed E-state index contributed by atoms with van der Waals surface area (Å²) in [5.74, 6) is 0.726. The molecule has 9 heteroatoms. The minimum absolute atomic E-state index is 0.101. The summed E-state index contributed by atoms with van der Waals surface area (Å²) in [5, 5.41) is 14.9. The third-order valence-electron chi connectivity index (χ3n) is 5.50. The Morgan fingerprint density at radius 1 is 1.15 bits per heavy atom. The summed E-state index contributed by atoms with van der Waals surface area (Å²) in [6.07, 6.45) is -2.45. The summed E-state index contributed by atoms with van der Waals surface area (Å²) < 4.78 is 28.9. The van der Waals surface area contributed by atoms with E-state index in [0.717, 1.165) is 16.9 Å². The number of rotatable bonds is 12. The summed E-state index contributed by atoms with van der Waals surface area (Å²) in [5.41, 5.74) is 11.0. The molecule has 2 aromatic rings. The zero-order valence-electron chi connectivity index (χ0n) is 19.4. The predicted octanol–water partition coefficient (Wildman–Crippen LogP) is 4.15. The van der Waals surface area contributed by atoms with Crippen molar-refractivity contribution in [1.82, 2.24) is 0 Å². The highest BCUT2D eigenvalue weighted by Gasteiger charge is 2.46. The van der Waals surface area contributed by atoms with Gasteiger partial charge in [0.2, 0.25) is 0 Å². The number of hydrogen-bond acceptors (Lipinski definition) is 7. The molecule has 0 aliphatic carbocycles. The predicted molar refractivity (Wildman–Crippen MR) is 126 cm³/mol. The fourth-order valence-electron chi connectivity index (χ4n) is 3.58. The molecule has 0 amide bonds. The van der Waals surface area contributed by atoms with Crippen LogP contribution in [0.5, 0.6) is 5.75 Å². The largest absolute Gasteiger partial charge is 0.497 e. The highest BCUT2D eigenvalue weighted by molar-refractivity contribution is 5.26. The molecule has 0 radical (unpaired) electrons. The standard InChI is InChI=1S/C25H31N3O6/c1-4-17(2)33-25-22(27-28-26)24(32-15-19-10-12-20(30-3)13-11-19)23(29)21(34-25)16-31-14-18-8-6-5-7-9-18/h4-13,17,21-25,29H,1,14-16H2,2-3H3/t17?,21-,22-,23-,24-,25-/m1/s1. The van der Waals surface area contributed by atoms with Gasteiger partial charge in [-0.2, -0.15) is 0 Å². The molecular formula is C25H31N3O6. The highest BCUT2D eigenvalue weighted by atomic mass is 16.7. The Kier molecular flexibility index (Phi) is 9.90. The second kappa shape index (κ2) is 13.1. The molecule has 9 nitrogen and oxygen atoms in total. The van der Waals surface area contributed by atoms with Crippen molar-refractivity contribution < 1.29 is 28.8 Å². The molecular weight excluding hydrogens is 438 g/mol. The van der Waals surface area contributed by atoms with Crippen LogP contribution in [0.2, 0.25) is 0 Å². The second-order valence-electron chi connectivity index (χ2n) is 7.93. The molecule has 0 aromatic heterocycles. The van der Waals surface area contributed by atoms with Gasteiger partial charge in [0.1, 0.15) is 24.0 Å². The van der Waals surface area contributed by atoms with Crippen molar-refractivity contribution in [2.75, 3.05) is 13.7 Å². The van der Waals surface area contributed by atoms with Gasteiger partial charge in [0.25, 0.3) is 0 Å². The van der Waals surface area contributed by atoms with Crippen molar-refractivity contribution in [3.05, 3.63) is 88.8 Å². The van der Waals surface area contributed by atoms with E-state index in [2.05, 4.69) is 16.6 Å². The fourth-order valence-corrected chi connectivity index (χ4v) is 3.58. The van der Waals surface area contributed by atoms with Crippen molar-refractivity contribution in [1.29, 1.82) is 0 Å². The van der Waals surface area contributed by atoms with E-state index in [9.17, 15) is 5.11 Å². The number of aliphatic hydroxyl groups excluding tert-OH is 1. The summed E-state index contributed by atoms with van der Waals surface area (Å²) >= 11 is 0. The van der Waals surface area contributed by atoms with Crippen LogP contribution in [0, 0.1) is 0 Å². The second-order valence-corrected chi connectivity index (χ2v) is 7.93. The Morgan fingerprint density at radius 2 is 1.85 bits per heavy atom.